The maximum absolute atomic E-state index is 12.9. The molecule has 2 unspecified atom stereocenters. The predicted octanol–water partition coefficient (Wildman–Crippen LogP) is 1.23. The van der Waals surface area contributed by atoms with Crippen LogP contribution in [0.1, 0.15) is 19.3 Å². The van der Waals surface area contributed by atoms with E-state index in [9.17, 15) is 9.18 Å². The van der Waals surface area contributed by atoms with E-state index in [4.69, 9.17) is 9.84 Å². The van der Waals surface area contributed by atoms with Crippen LogP contribution < -0.4 is 0 Å². The highest BCUT2D eigenvalue weighted by Crippen LogP contribution is 2.21. The van der Waals surface area contributed by atoms with Crippen LogP contribution in [-0.4, -0.2) is 30.5 Å². The molecule has 0 bridgehead atoms. The van der Waals surface area contributed by atoms with Gasteiger partial charge in [0.05, 0.1) is 0 Å². The minimum atomic E-state index is -1.72. The summed E-state index contributed by atoms with van der Waals surface area (Å²) < 4.78 is 18.0. The Balaban J connectivity index is 2.42. The highest BCUT2D eigenvalue weighted by atomic mass is 19.1. The largest absolute Gasteiger partial charge is 0.479 e. The fourth-order valence-corrected chi connectivity index (χ4v) is 1.42. The lowest BCUT2D eigenvalue weighted by molar-refractivity contribution is -0.145. The number of aliphatic carboxylic acids is 1. The van der Waals surface area contributed by atoms with Crippen LogP contribution in [0.15, 0.2) is 0 Å². The number of carbonyl (C=O) groups is 1. The molecule has 70 valence electrons. The topological polar surface area (TPSA) is 46.5 Å². The maximum atomic E-state index is 12.9. The van der Waals surface area contributed by atoms with Crippen LogP contribution in [-0.2, 0) is 9.53 Å². The van der Waals surface area contributed by atoms with Crippen molar-refractivity contribution in [1.29, 1.82) is 0 Å². The Hall–Kier alpha value is -0.640. The van der Waals surface area contributed by atoms with E-state index in [0.29, 0.717) is 26.1 Å². The van der Waals surface area contributed by atoms with Gasteiger partial charge in [-0.3, -0.25) is 0 Å². The Morgan fingerprint density at radius 1 is 1.50 bits per heavy atom. The summed E-state index contributed by atoms with van der Waals surface area (Å²) in [6.07, 6.45) is 0.186. The normalized spacial score (nSPS) is 27.6. The number of hydrogen-bond acceptors (Lipinski definition) is 2. The number of rotatable bonds is 2. The standard InChI is InChI=1S/C8H13FO3/c9-7(8(10)11)6-2-1-4-12-5-3-6/h6-7H,1-5H2,(H,10,11). The van der Waals surface area contributed by atoms with E-state index in [1.807, 2.05) is 0 Å². The Morgan fingerprint density at radius 3 is 2.92 bits per heavy atom. The second-order valence-corrected chi connectivity index (χ2v) is 3.04. The molecule has 1 aliphatic rings. The highest BCUT2D eigenvalue weighted by molar-refractivity contribution is 5.72. The van der Waals surface area contributed by atoms with Gasteiger partial charge in [0.25, 0.3) is 0 Å². The number of carboxylic acid groups (broad SMARTS) is 1. The lowest BCUT2D eigenvalue weighted by Crippen LogP contribution is -2.25. The minimum absolute atomic E-state index is 0.356. The van der Waals surface area contributed by atoms with Crippen molar-refractivity contribution in [3.05, 3.63) is 0 Å². The molecule has 1 saturated heterocycles. The fraction of sp³-hybridized carbons (Fsp3) is 0.875. The molecule has 12 heavy (non-hydrogen) atoms. The lowest BCUT2D eigenvalue weighted by Gasteiger charge is -2.13. The summed E-state index contributed by atoms with van der Waals surface area (Å²) in [5.41, 5.74) is 0. The zero-order chi connectivity index (χ0) is 8.97. The summed E-state index contributed by atoms with van der Waals surface area (Å²) in [4.78, 5) is 10.3. The molecule has 0 saturated carbocycles. The molecule has 1 aliphatic heterocycles. The van der Waals surface area contributed by atoms with Crippen LogP contribution in [0.3, 0.4) is 0 Å². The van der Waals surface area contributed by atoms with E-state index in [2.05, 4.69) is 0 Å². The summed E-state index contributed by atoms with van der Waals surface area (Å²) >= 11 is 0. The molecule has 1 heterocycles. The Labute approximate surface area is 70.5 Å². The van der Waals surface area contributed by atoms with E-state index in [0.717, 1.165) is 6.42 Å². The first kappa shape index (κ1) is 9.45. The van der Waals surface area contributed by atoms with Gasteiger partial charge in [-0.25, -0.2) is 9.18 Å². The lowest BCUT2D eigenvalue weighted by atomic mass is 9.95. The Bertz CT molecular complexity index is 152. The molecule has 1 rings (SSSR count). The van der Waals surface area contributed by atoms with Gasteiger partial charge >= 0.3 is 5.97 Å². The van der Waals surface area contributed by atoms with Crippen LogP contribution in [0, 0.1) is 5.92 Å². The van der Waals surface area contributed by atoms with Gasteiger partial charge in [0, 0.05) is 19.1 Å². The molecule has 1 N–H and O–H groups in total. The van der Waals surface area contributed by atoms with Crippen molar-refractivity contribution in [2.24, 2.45) is 5.92 Å². The molecule has 0 aromatic heterocycles. The number of carboxylic acids is 1. The summed E-state index contributed by atoms with van der Waals surface area (Å²) in [6.45, 7) is 1.11. The molecule has 0 amide bonds. The van der Waals surface area contributed by atoms with Crippen LogP contribution in [0.5, 0.6) is 0 Å². The van der Waals surface area contributed by atoms with Crippen LogP contribution in [0.2, 0.25) is 0 Å². The van der Waals surface area contributed by atoms with Crippen molar-refractivity contribution < 1.29 is 19.0 Å². The Morgan fingerprint density at radius 2 is 2.25 bits per heavy atom. The number of halogens is 1. The zero-order valence-electron chi connectivity index (χ0n) is 6.83. The Kier molecular flexibility index (Phi) is 3.47. The predicted molar refractivity (Wildman–Crippen MR) is 40.7 cm³/mol. The van der Waals surface area contributed by atoms with E-state index in [1.54, 1.807) is 0 Å². The molecule has 0 aromatic rings. The van der Waals surface area contributed by atoms with Crippen LogP contribution in [0.25, 0.3) is 0 Å². The summed E-state index contributed by atoms with van der Waals surface area (Å²) in [6, 6.07) is 0. The van der Waals surface area contributed by atoms with Crippen molar-refractivity contribution in [2.75, 3.05) is 13.2 Å². The third kappa shape index (κ3) is 2.44. The third-order valence-corrected chi connectivity index (χ3v) is 2.15. The van der Waals surface area contributed by atoms with Gasteiger partial charge in [-0.15, -0.1) is 0 Å². The molecule has 1 fully saturated rings. The van der Waals surface area contributed by atoms with E-state index >= 15 is 0 Å². The molecule has 0 radical (unpaired) electrons. The number of alkyl halides is 1. The smallest absolute Gasteiger partial charge is 0.338 e. The summed E-state index contributed by atoms with van der Waals surface area (Å²) in [5.74, 6) is -1.70. The summed E-state index contributed by atoms with van der Waals surface area (Å²) in [5, 5.41) is 8.41. The van der Waals surface area contributed by atoms with Gasteiger partial charge in [-0.1, -0.05) is 0 Å². The molecular weight excluding hydrogens is 163 g/mol. The maximum Gasteiger partial charge on any atom is 0.338 e. The van der Waals surface area contributed by atoms with E-state index in [1.165, 1.54) is 0 Å². The second-order valence-electron chi connectivity index (χ2n) is 3.04. The van der Waals surface area contributed by atoms with E-state index < -0.39 is 12.1 Å². The van der Waals surface area contributed by atoms with Crippen LogP contribution in [0.4, 0.5) is 4.39 Å². The highest BCUT2D eigenvalue weighted by Gasteiger charge is 2.28. The quantitative estimate of drug-likeness (QED) is 0.688. The SMILES string of the molecule is O=C(O)C(F)C1CCCOCC1. The first-order valence-corrected chi connectivity index (χ1v) is 4.16. The van der Waals surface area contributed by atoms with Gasteiger partial charge in [0.1, 0.15) is 0 Å². The molecule has 0 aliphatic carbocycles. The van der Waals surface area contributed by atoms with Gasteiger partial charge in [0.2, 0.25) is 0 Å². The second kappa shape index (κ2) is 4.40. The van der Waals surface area contributed by atoms with Gasteiger partial charge < -0.3 is 9.84 Å². The van der Waals surface area contributed by atoms with Crippen molar-refractivity contribution >= 4 is 5.97 Å². The minimum Gasteiger partial charge on any atom is -0.479 e. The van der Waals surface area contributed by atoms with Crippen molar-refractivity contribution in [2.45, 2.75) is 25.4 Å². The van der Waals surface area contributed by atoms with Crippen molar-refractivity contribution in [3.8, 4) is 0 Å². The molecule has 4 heteroatoms. The van der Waals surface area contributed by atoms with Gasteiger partial charge in [0.15, 0.2) is 6.17 Å². The van der Waals surface area contributed by atoms with Crippen molar-refractivity contribution in [3.63, 3.8) is 0 Å². The fourth-order valence-electron chi connectivity index (χ4n) is 1.42. The zero-order valence-corrected chi connectivity index (χ0v) is 6.83. The monoisotopic (exact) mass is 176 g/mol. The molecule has 0 aromatic carbocycles. The molecule has 0 spiro atoms. The third-order valence-electron chi connectivity index (χ3n) is 2.15. The van der Waals surface area contributed by atoms with Crippen LogP contribution >= 0.6 is 0 Å². The molecule has 3 nitrogen and oxygen atoms in total. The first-order chi connectivity index (χ1) is 5.72. The average molecular weight is 176 g/mol. The molecule has 2 atom stereocenters. The van der Waals surface area contributed by atoms with E-state index in [-0.39, 0.29) is 5.92 Å². The average Bonchev–Trinajstić information content (AvgIpc) is 2.30. The first-order valence-electron chi connectivity index (χ1n) is 4.16. The number of hydrogen-bond donors (Lipinski definition) is 1. The van der Waals surface area contributed by atoms with Gasteiger partial charge in [-0.2, -0.15) is 0 Å². The molecular formula is C8H13FO3. The number of ether oxygens (including phenoxy) is 1. The van der Waals surface area contributed by atoms with Crippen molar-refractivity contribution in [1.82, 2.24) is 0 Å². The van der Waals surface area contributed by atoms with Gasteiger partial charge in [-0.05, 0) is 19.3 Å². The summed E-state index contributed by atoms with van der Waals surface area (Å²) in [7, 11) is 0.